The van der Waals surface area contributed by atoms with Gasteiger partial charge in [0.2, 0.25) is 0 Å². The third kappa shape index (κ3) is 9.60. The van der Waals surface area contributed by atoms with Crippen molar-refractivity contribution in [1.29, 1.82) is 0 Å². The van der Waals surface area contributed by atoms with E-state index in [2.05, 4.69) is 34.1 Å². The SMILES string of the molecule is Cl.Cl.O=C(O)COC/C=C\CN1CCN(Cc2ccc(-c3ccc(Cl)cc3)cc2)CC1. The van der Waals surface area contributed by atoms with E-state index >= 15 is 0 Å². The molecule has 0 amide bonds. The standard InChI is InChI=1S/C23H27ClN2O3.2ClH/c24-22-9-7-21(8-10-22)20-5-3-19(4-6-20)17-26-14-12-25(13-15-26)11-1-2-16-29-18-23(27)28;;/h1-10H,11-18H2,(H,27,28);2*1H/b2-1-;;. The third-order valence-electron chi connectivity index (χ3n) is 4.97. The lowest BCUT2D eigenvalue weighted by Crippen LogP contribution is -2.45. The summed E-state index contributed by atoms with van der Waals surface area (Å²) in [4.78, 5) is 15.2. The van der Waals surface area contributed by atoms with Gasteiger partial charge in [-0.1, -0.05) is 60.2 Å². The molecule has 1 fully saturated rings. The summed E-state index contributed by atoms with van der Waals surface area (Å²) in [6.45, 7) is 6.09. The van der Waals surface area contributed by atoms with Crippen LogP contribution in [0.1, 0.15) is 5.56 Å². The van der Waals surface area contributed by atoms with E-state index in [-0.39, 0.29) is 31.4 Å². The van der Waals surface area contributed by atoms with Gasteiger partial charge in [0.25, 0.3) is 0 Å². The smallest absolute Gasteiger partial charge is 0.329 e. The monoisotopic (exact) mass is 486 g/mol. The van der Waals surface area contributed by atoms with Gasteiger partial charge in [-0.2, -0.15) is 0 Å². The zero-order chi connectivity index (χ0) is 20.5. The first-order valence-corrected chi connectivity index (χ1v) is 10.2. The Morgan fingerprint density at radius 3 is 2.03 bits per heavy atom. The minimum absolute atomic E-state index is 0. The van der Waals surface area contributed by atoms with Crippen molar-refractivity contribution in [3.63, 3.8) is 0 Å². The summed E-state index contributed by atoms with van der Waals surface area (Å²) in [6, 6.07) is 16.7. The predicted octanol–water partition coefficient (Wildman–Crippen LogP) is 4.63. The van der Waals surface area contributed by atoms with Crippen LogP contribution < -0.4 is 0 Å². The van der Waals surface area contributed by atoms with Crippen LogP contribution in [0.3, 0.4) is 0 Å². The topological polar surface area (TPSA) is 53.0 Å². The largest absolute Gasteiger partial charge is 0.480 e. The number of halogens is 3. The Labute approximate surface area is 201 Å². The van der Waals surface area contributed by atoms with E-state index in [1.165, 1.54) is 16.7 Å². The molecule has 0 aromatic heterocycles. The van der Waals surface area contributed by atoms with E-state index in [1.807, 2.05) is 36.4 Å². The number of ether oxygens (including phenoxy) is 1. The molecule has 1 aliphatic heterocycles. The third-order valence-corrected chi connectivity index (χ3v) is 5.22. The molecule has 1 heterocycles. The molecular formula is C23H29Cl3N2O3. The van der Waals surface area contributed by atoms with Gasteiger partial charge in [0.15, 0.2) is 0 Å². The summed E-state index contributed by atoms with van der Waals surface area (Å²) in [5, 5.41) is 9.27. The molecule has 0 bridgehead atoms. The first-order valence-electron chi connectivity index (χ1n) is 9.84. The van der Waals surface area contributed by atoms with Crippen molar-refractivity contribution in [3.05, 3.63) is 71.3 Å². The van der Waals surface area contributed by atoms with Crippen molar-refractivity contribution < 1.29 is 14.6 Å². The number of nitrogens with zero attached hydrogens (tertiary/aromatic N) is 2. The molecule has 0 radical (unpaired) electrons. The number of rotatable bonds is 9. The van der Waals surface area contributed by atoms with E-state index < -0.39 is 5.97 Å². The lowest BCUT2D eigenvalue weighted by Gasteiger charge is -2.34. The second kappa shape index (κ2) is 14.5. The average Bonchev–Trinajstić information content (AvgIpc) is 2.73. The van der Waals surface area contributed by atoms with Gasteiger partial charge >= 0.3 is 5.97 Å². The van der Waals surface area contributed by atoms with Gasteiger partial charge in [0.05, 0.1) is 6.61 Å². The molecule has 2 aromatic carbocycles. The Morgan fingerprint density at radius 2 is 1.45 bits per heavy atom. The second-order valence-corrected chi connectivity index (χ2v) is 7.60. The highest BCUT2D eigenvalue weighted by Gasteiger charge is 2.15. The van der Waals surface area contributed by atoms with Crippen LogP contribution in [0.4, 0.5) is 0 Å². The van der Waals surface area contributed by atoms with Crippen molar-refractivity contribution in [2.45, 2.75) is 6.54 Å². The first-order chi connectivity index (χ1) is 14.1. The summed E-state index contributed by atoms with van der Waals surface area (Å²) in [6.07, 6.45) is 3.94. The molecule has 1 saturated heterocycles. The molecule has 0 aliphatic carbocycles. The van der Waals surface area contributed by atoms with Crippen LogP contribution in [0.25, 0.3) is 11.1 Å². The van der Waals surface area contributed by atoms with E-state index in [0.29, 0.717) is 6.61 Å². The van der Waals surface area contributed by atoms with E-state index in [1.54, 1.807) is 0 Å². The summed E-state index contributed by atoms with van der Waals surface area (Å²) >= 11 is 5.96. The van der Waals surface area contributed by atoms with Crippen LogP contribution in [0.5, 0.6) is 0 Å². The number of carboxylic acids is 1. The summed E-state index contributed by atoms with van der Waals surface area (Å²) in [5.41, 5.74) is 3.71. The number of aliphatic carboxylic acids is 1. The highest BCUT2D eigenvalue weighted by molar-refractivity contribution is 6.30. The van der Waals surface area contributed by atoms with Crippen LogP contribution in [0.2, 0.25) is 5.02 Å². The average molecular weight is 488 g/mol. The second-order valence-electron chi connectivity index (χ2n) is 7.16. The number of carboxylic acid groups (broad SMARTS) is 1. The van der Waals surface area contributed by atoms with Gasteiger partial charge in [-0.15, -0.1) is 24.8 Å². The van der Waals surface area contributed by atoms with Crippen LogP contribution in [0, 0.1) is 0 Å². The number of benzene rings is 2. The Kier molecular flexibility index (Phi) is 12.8. The van der Waals surface area contributed by atoms with E-state index in [9.17, 15) is 4.79 Å². The molecule has 0 unspecified atom stereocenters. The van der Waals surface area contributed by atoms with Crippen molar-refractivity contribution in [2.75, 3.05) is 45.9 Å². The maximum atomic E-state index is 10.4. The van der Waals surface area contributed by atoms with Gasteiger partial charge in [0.1, 0.15) is 6.61 Å². The molecule has 3 rings (SSSR count). The predicted molar refractivity (Wildman–Crippen MR) is 131 cm³/mol. The fourth-order valence-corrected chi connectivity index (χ4v) is 3.47. The van der Waals surface area contributed by atoms with E-state index in [0.717, 1.165) is 44.3 Å². The Balaban J connectivity index is 0.00000240. The first kappa shape index (κ1) is 27.4. The lowest BCUT2D eigenvalue weighted by atomic mass is 10.0. The zero-order valence-electron chi connectivity index (χ0n) is 17.3. The maximum Gasteiger partial charge on any atom is 0.329 e. The maximum absolute atomic E-state index is 10.4. The number of hydrogen-bond acceptors (Lipinski definition) is 4. The molecule has 0 spiro atoms. The summed E-state index contributed by atoms with van der Waals surface area (Å²) in [7, 11) is 0. The Hall–Kier alpha value is -1.60. The molecule has 1 aliphatic rings. The van der Waals surface area contributed by atoms with Gasteiger partial charge < -0.3 is 9.84 Å². The normalized spacial score (nSPS) is 14.7. The minimum Gasteiger partial charge on any atom is -0.480 e. The molecular weight excluding hydrogens is 459 g/mol. The fraction of sp³-hybridized carbons (Fsp3) is 0.348. The van der Waals surface area contributed by atoms with E-state index in [4.69, 9.17) is 21.4 Å². The fourth-order valence-electron chi connectivity index (χ4n) is 3.34. The number of hydrogen-bond donors (Lipinski definition) is 1. The molecule has 1 N–H and O–H groups in total. The molecule has 170 valence electrons. The molecule has 0 atom stereocenters. The highest BCUT2D eigenvalue weighted by Crippen LogP contribution is 2.22. The molecule has 0 saturated carbocycles. The number of piperazine rings is 1. The Morgan fingerprint density at radius 1 is 0.903 bits per heavy atom. The quantitative estimate of drug-likeness (QED) is 0.413. The molecule has 8 heteroatoms. The molecule has 5 nitrogen and oxygen atoms in total. The van der Waals surface area contributed by atoms with Crippen molar-refractivity contribution in [1.82, 2.24) is 9.80 Å². The summed E-state index contributed by atoms with van der Waals surface area (Å²) in [5.74, 6) is -0.936. The summed E-state index contributed by atoms with van der Waals surface area (Å²) < 4.78 is 4.99. The van der Waals surface area contributed by atoms with Gasteiger partial charge in [0, 0.05) is 44.3 Å². The molecule has 31 heavy (non-hydrogen) atoms. The Bertz CT molecular complexity index is 806. The lowest BCUT2D eigenvalue weighted by molar-refractivity contribution is -0.141. The van der Waals surface area contributed by atoms with Crippen LogP contribution in [-0.4, -0.2) is 66.8 Å². The van der Waals surface area contributed by atoms with Crippen molar-refractivity contribution in [3.8, 4) is 11.1 Å². The van der Waals surface area contributed by atoms with Gasteiger partial charge in [-0.3, -0.25) is 9.80 Å². The number of carbonyl (C=O) groups is 1. The molecule has 2 aromatic rings. The van der Waals surface area contributed by atoms with Crippen molar-refractivity contribution >= 4 is 42.4 Å². The van der Waals surface area contributed by atoms with Crippen molar-refractivity contribution in [2.24, 2.45) is 0 Å². The zero-order valence-corrected chi connectivity index (χ0v) is 19.7. The van der Waals surface area contributed by atoms with Crippen LogP contribution in [0.15, 0.2) is 60.7 Å². The van der Waals surface area contributed by atoms with Gasteiger partial charge in [-0.05, 0) is 28.8 Å². The van der Waals surface area contributed by atoms with Crippen LogP contribution in [-0.2, 0) is 16.1 Å². The van der Waals surface area contributed by atoms with Crippen LogP contribution >= 0.6 is 36.4 Å². The minimum atomic E-state index is -0.936. The highest BCUT2D eigenvalue weighted by atomic mass is 35.5. The van der Waals surface area contributed by atoms with Gasteiger partial charge in [-0.25, -0.2) is 4.79 Å².